The summed E-state index contributed by atoms with van der Waals surface area (Å²) >= 11 is 0. The first-order valence-electron chi connectivity index (χ1n) is 9.03. The molecular formula is C20H15F2N5O2. The molecule has 29 heavy (non-hydrogen) atoms. The molecular weight excluding hydrogens is 380 g/mol. The maximum absolute atomic E-state index is 14.5. The Hall–Kier alpha value is -3.62. The van der Waals surface area contributed by atoms with E-state index in [0.29, 0.717) is 23.1 Å². The number of nitrogens with zero attached hydrogens (tertiary/aromatic N) is 4. The Morgan fingerprint density at radius 1 is 1.34 bits per heavy atom. The number of halogens is 2. The van der Waals surface area contributed by atoms with Gasteiger partial charge in [-0.1, -0.05) is 11.2 Å². The lowest BCUT2D eigenvalue weighted by Crippen LogP contribution is -2.13. The lowest BCUT2D eigenvalue weighted by atomic mass is 10.1. The van der Waals surface area contributed by atoms with E-state index in [2.05, 4.69) is 20.6 Å². The fraction of sp³-hybridized carbons (Fsp3) is 0.200. The lowest BCUT2D eigenvalue weighted by Gasteiger charge is -2.10. The molecule has 5 rings (SSSR count). The van der Waals surface area contributed by atoms with Crippen molar-refractivity contribution in [1.29, 1.82) is 0 Å². The maximum Gasteiger partial charge on any atom is 0.259 e. The first kappa shape index (κ1) is 17.5. The highest BCUT2D eigenvalue weighted by atomic mass is 19.1. The molecule has 3 aromatic heterocycles. The fourth-order valence-electron chi connectivity index (χ4n) is 3.16. The third-order valence-corrected chi connectivity index (χ3v) is 4.99. The summed E-state index contributed by atoms with van der Waals surface area (Å²) in [6.07, 6.45) is 2.56. The summed E-state index contributed by atoms with van der Waals surface area (Å²) in [5.41, 5.74) is 1.87. The van der Waals surface area contributed by atoms with Crippen LogP contribution >= 0.6 is 0 Å². The molecule has 146 valence electrons. The smallest absolute Gasteiger partial charge is 0.259 e. The minimum atomic E-state index is -0.973. The van der Waals surface area contributed by atoms with Crippen LogP contribution in [0.15, 0.2) is 47.2 Å². The van der Waals surface area contributed by atoms with Crippen LogP contribution in [0.5, 0.6) is 0 Å². The number of carbonyl (C=O) groups is 1. The molecule has 9 heteroatoms. The molecule has 7 nitrogen and oxygen atoms in total. The van der Waals surface area contributed by atoms with Gasteiger partial charge in [0, 0.05) is 23.0 Å². The van der Waals surface area contributed by atoms with Crippen LogP contribution in [0.4, 0.5) is 14.5 Å². The van der Waals surface area contributed by atoms with Gasteiger partial charge in [-0.25, -0.2) is 13.3 Å². The number of carbonyl (C=O) groups excluding carboxylic acids is 1. The third-order valence-electron chi connectivity index (χ3n) is 4.99. The van der Waals surface area contributed by atoms with Crippen molar-refractivity contribution in [3.8, 4) is 11.4 Å². The minimum Gasteiger partial charge on any atom is -0.339 e. The summed E-state index contributed by atoms with van der Waals surface area (Å²) < 4.78 is 34.4. The highest BCUT2D eigenvalue weighted by Crippen LogP contribution is 2.43. The van der Waals surface area contributed by atoms with Crippen LogP contribution in [0.2, 0.25) is 0 Å². The van der Waals surface area contributed by atoms with E-state index in [-0.39, 0.29) is 28.9 Å². The van der Waals surface area contributed by atoms with Crippen molar-refractivity contribution in [1.82, 2.24) is 19.8 Å². The van der Waals surface area contributed by atoms with Crippen molar-refractivity contribution in [3.05, 3.63) is 65.6 Å². The van der Waals surface area contributed by atoms with E-state index in [1.165, 1.54) is 12.3 Å². The average Bonchev–Trinajstić information content (AvgIpc) is 3.12. The normalized spacial score (nSPS) is 18.2. The number of rotatable bonds is 4. The highest BCUT2D eigenvalue weighted by Gasteiger charge is 2.43. The van der Waals surface area contributed by atoms with Gasteiger partial charge < -0.3 is 9.84 Å². The van der Waals surface area contributed by atoms with Crippen LogP contribution in [0, 0.1) is 12.7 Å². The molecule has 1 saturated carbocycles. The van der Waals surface area contributed by atoms with E-state index in [0.717, 1.165) is 0 Å². The number of alkyl halides is 1. The first-order chi connectivity index (χ1) is 14.0. The number of amides is 1. The van der Waals surface area contributed by atoms with Gasteiger partial charge in [-0.15, -0.1) is 0 Å². The van der Waals surface area contributed by atoms with Crippen LogP contribution < -0.4 is 5.32 Å². The Kier molecular flexibility index (Phi) is 3.90. The number of benzene rings is 1. The van der Waals surface area contributed by atoms with Crippen LogP contribution in [-0.2, 0) is 0 Å². The van der Waals surface area contributed by atoms with Crippen molar-refractivity contribution in [3.63, 3.8) is 0 Å². The first-order valence-corrected chi connectivity index (χ1v) is 9.03. The van der Waals surface area contributed by atoms with E-state index in [1.54, 1.807) is 41.9 Å². The Morgan fingerprint density at radius 3 is 2.97 bits per heavy atom. The second-order valence-electron chi connectivity index (χ2n) is 6.99. The van der Waals surface area contributed by atoms with E-state index in [1.807, 2.05) is 0 Å². The van der Waals surface area contributed by atoms with Gasteiger partial charge in [-0.2, -0.15) is 10.1 Å². The summed E-state index contributed by atoms with van der Waals surface area (Å²) in [6.45, 7) is 1.56. The molecule has 4 aromatic rings. The van der Waals surface area contributed by atoms with Crippen molar-refractivity contribution >= 4 is 17.1 Å². The van der Waals surface area contributed by atoms with Gasteiger partial charge >= 0.3 is 0 Å². The quantitative estimate of drug-likeness (QED) is 0.566. The van der Waals surface area contributed by atoms with Gasteiger partial charge in [-0.05, 0) is 37.6 Å². The van der Waals surface area contributed by atoms with Gasteiger partial charge in [0.25, 0.3) is 5.91 Å². The number of nitrogens with one attached hydrogen (secondary N) is 1. The summed E-state index contributed by atoms with van der Waals surface area (Å²) in [7, 11) is 0. The zero-order valence-corrected chi connectivity index (χ0v) is 15.3. The molecule has 0 aliphatic heterocycles. The van der Waals surface area contributed by atoms with E-state index < -0.39 is 17.9 Å². The molecule has 1 amide bonds. The van der Waals surface area contributed by atoms with Crippen LogP contribution in [0.25, 0.3) is 16.9 Å². The van der Waals surface area contributed by atoms with Crippen LogP contribution in [-0.4, -0.2) is 31.8 Å². The topological polar surface area (TPSA) is 85.3 Å². The van der Waals surface area contributed by atoms with Gasteiger partial charge in [-0.3, -0.25) is 4.79 Å². The van der Waals surface area contributed by atoms with Gasteiger partial charge in [0.1, 0.15) is 12.0 Å². The SMILES string of the molecule is Cc1c(F)cc(-c2noc([C@H]3C[C@@H]3F)n2)cc1NC(=O)c1cnn2ccccc12. The number of hydrogen-bond acceptors (Lipinski definition) is 5. The molecule has 2 atom stereocenters. The highest BCUT2D eigenvalue weighted by molar-refractivity contribution is 6.09. The van der Waals surface area contributed by atoms with Gasteiger partial charge in [0.15, 0.2) is 0 Å². The van der Waals surface area contributed by atoms with E-state index >= 15 is 0 Å². The standard InChI is InChI=1S/C20H15F2N5O2/c1-10-14(21)6-11(18-25-20(29-26-18)12-8-15(12)22)7-16(10)24-19(28)13-9-23-27-5-3-2-4-17(13)27/h2-7,9,12,15H,8H2,1H3,(H,24,28)/t12-,15-/m0/s1. The molecule has 3 heterocycles. The van der Waals surface area contributed by atoms with Gasteiger partial charge in [0.05, 0.1) is 23.2 Å². The molecule has 1 aliphatic rings. The molecule has 0 radical (unpaired) electrons. The summed E-state index contributed by atoms with van der Waals surface area (Å²) in [5, 5.41) is 10.7. The number of aromatic nitrogens is 4. The fourth-order valence-corrected chi connectivity index (χ4v) is 3.16. The minimum absolute atomic E-state index is 0.143. The summed E-state index contributed by atoms with van der Waals surface area (Å²) in [6, 6.07) is 8.19. The number of fused-ring (bicyclic) bond motifs is 1. The predicted molar refractivity (Wildman–Crippen MR) is 99.8 cm³/mol. The Bertz CT molecular complexity index is 1250. The third kappa shape index (κ3) is 3.04. The van der Waals surface area contributed by atoms with E-state index in [4.69, 9.17) is 4.52 Å². The van der Waals surface area contributed by atoms with Crippen LogP contribution in [0.3, 0.4) is 0 Å². The van der Waals surface area contributed by atoms with Crippen molar-refractivity contribution in [2.24, 2.45) is 0 Å². The van der Waals surface area contributed by atoms with E-state index in [9.17, 15) is 13.6 Å². The molecule has 0 unspecified atom stereocenters. The largest absolute Gasteiger partial charge is 0.339 e. The molecule has 0 bridgehead atoms. The summed E-state index contributed by atoms with van der Waals surface area (Å²) in [4.78, 5) is 16.9. The molecule has 1 N–H and O–H groups in total. The van der Waals surface area contributed by atoms with Crippen molar-refractivity contribution in [2.75, 3.05) is 5.32 Å². The average molecular weight is 395 g/mol. The van der Waals surface area contributed by atoms with Crippen molar-refractivity contribution < 1.29 is 18.1 Å². The second kappa shape index (κ2) is 6.47. The zero-order valence-electron chi connectivity index (χ0n) is 15.3. The Balaban J connectivity index is 1.47. The summed E-state index contributed by atoms with van der Waals surface area (Å²) in [5.74, 6) is -0.993. The predicted octanol–water partition coefficient (Wildman–Crippen LogP) is 3.91. The van der Waals surface area contributed by atoms with Crippen molar-refractivity contribution in [2.45, 2.75) is 25.4 Å². The van der Waals surface area contributed by atoms with Crippen LogP contribution in [0.1, 0.15) is 34.2 Å². The molecule has 0 saturated heterocycles. The lowest BCUT2D eigenvalue weighted by molar-refractivity contribution is 0.102. The second-order valence-corrected chi connectivity index (χ2v) is 6.99. The monoisotopic (exact) mass is 395 g/mol. The number of anilines is 1. The molecule has 1 fully saturated rings. The molecule has 1 aromatic carbocycles. The molecule has 0 spiro atoms. The number of pyridine rings is 1. The number of hydrogen-bond donors (Lipinski definition) is 1. The molecule has 1 aliphatic carbocycles. The maximum atomic E-state index is 14.5. The zero-order chi connectivity index (χ0) is 20.1. The Labute approximate surface area is 163 Å². The van der Waals surface area contributed by atoms with Gasteiger partial charge in [0.2, 0.25) is 11.7 Å². The Morgan fingerprint density at radius 2 is 2.17 bits per heavy atom.